The topological polar surface area (TPSA) is 8.81 Å². The fraction of sp³-hybridized carbons (Fsp3) is 0.0690. The predicted octanol–water partition coefficient (Wildman–Crippen LogP) is 2.71. The van der Waals surface area contributed by atoms with E-state index < -0.39 is 0 Å². The standard InChI is InChI=1S/C24H20N2.C5H5.Fe.HI/c1-25-22-15-6-7-16-23(22)26(17-18-9-2-3-10-18)24(25)21-14-8-12-19-11-4-5-13-20(19)21;1-2-4-5-3-1;;/h2-16H,17H2,1H3;1-5H;;1H/q+1;;+2;/p-1. The first-order valence-electron chi connectivity index (χ1n) is 10.7. The van der Waals surface area contributed by atoms with Gasteiger partial charge < -0.3 is 24.0 Å². The number of nitrogens with zero attached hydrogens (tertiary/aromatic N) is 2. The van der Waals surface area contributed by atoms with Crippen molar-refractivity contribution in [2.24, 2.45) is 7.05 Å². The van der Waals surface area contributed by atoms with Crippen molar-refractivity contribution < 1.29 is 45.6 Å². The van der Waals surface area contributed by atoms with Crippen LogP contribution in [0, 0.1) is 63.7 Å². The van der Waals surface area contributed by atoms with E-state index in [1.54, 1.807) is 0 Å². The fourth-order valence-corrected chi connectivity index (χ4v) is 4.31. The van der Waals surface area contributed by atoms with Gasteiger partial charge in [0.2, 0.25) is 0 Å². The first-order chi connectivity index (χ1) is 15.3. The molecule has 0 saturated heterocycles. The van der Waals surface area contributed by atoms with Crippen molar-refractivity contribution in [2.75, 3.05) is 0 Å². The van der Waals surface area contributed by atoms with Crippen LogP contribution in [0.4, 0.5) is 0 Å². The van der Waals surface area contributed by atoms with Crippen molar-refractivity contribution in [1.29, 1.82) is 0 Å². The molecule has 1 aromatic heterocycles. The molecule has 1 heterocycles. The number of rotatable bonds is 3. The molecule has 0 unspecified atom stereocenters. The molecule has 0 atom stereocenters. The first-order valence-corrected chi connectivity index (χ1v) is 10.7. The number of hydrogen-bond donors (Lipinski definition) is 0. The van der Waals surface area contributed by atoms with E-state index in [1.165, 1.54) is 39.1 Å². The Kier molecular flexibility index (Phi) is 9.84. The number of halogens is 1. The molecule has 6 rings (SSSR count). The van der Waals surface area contributed by atoms with Gasteiger partial charge >= 0.3 is 17.1 Å². The number of imidazole rings is 1. The number of aromatic nitrogens is 2. The van der Waals surface area contributed by atoms with Gasteiger partial charge in [0.25, 0.3) is 5.82 Å². The third-order valence-electron chi connectivity index (χ3n) is 5.77. The minimum absolute atomic E-state index is 0. The molecule has 3 aromatic carbocycles. The van der Waals surface area contributed by atoms with E-state index in [1.807, 2.05) is 32.1 Å². The second-order valence-corrected chi connectivity index (χ2v) is 7.74. The van der Waals surface area contributed by atoms with E-state index in [0.29, 0.717) is 0 Å². The quantitative estimate of drug-likeness (QED) is 0.199. The Balaban J connectivity index is 0.000000391. The summed E-state index contributed by atoms with van der Waals surface area (Å²) in [7, 11) is 2.17. The second kappa shape index (κ2) is 12.4. The molecule has 2 saturated carbocycles. The van der Waals surface area contributed by atoms with E-state index in [4.69, 9.17) is 0 Å². The molecule has 0 bridgehead atoms. The average molecular weight is 584 g/mol. The predicted molar refractivity (Wildman–Crippen MR) is 128 cm³/mol. The number of benzene rings is 3. The van der Waals surface area contributed by atoms with Gasteiger partial charge in [-0.15, -0.1) is 0 Å². The summed E-state index contributed by atoms with van der Waals surface area (Å²) in [6.07, 6.45) is 18.6. The van der Waals surface area contributed by atoms with Crippen molar-refractivity contribution >= 4 is 21.8 Å². The van der Waals surface area contributed by atoms with Gasteiger partial charge in [0.15, 0.2) is 11.0 Å². The van der Waals surface area contributed by atoms with Crippen LogP contribution in [0.1, 0.15) is 0 Å². The molecule has 0 spiro atoms. The zero-order valence-corrected chi connectivity index (χ0v) is 21.6. The van der Waals surface area contributed by atoms with Crippen LogP contribution in [0.2, 0.25) is 0 Å². The van der Waals surface area contributed by atoms with Gasteiger partial charge in [-0.1, -0.05) is 48.5 Å². The summed E-state index contributed by atoms with van der Waals surface area (Å²) < 4.78 is 4.76. The van der Waals surface area contributed by atoms with E-state index in [-0.39, 0.29) is 41.0 Å². The van der Waals surface area contributed by atoms with Crippen molar-refractivity contribution in [2.45, 2.75) is 6.54 Å². The monoisotopic (exact) mass is 584 g/mol. The normalized spacial score (nSPS) is 15.7. The van der Waals surface area contributed by atoms with Gasteiger partial charge in [0.05, 0.1) is 19.2 Å². The molecule has 33 heavy (non-hydrogen) atoms. The molecule has 0 N–H and O–H groups in total. The van der Waals surface area contributed by atoms with E-state index in [9.17, 15) is 0 Å². The van der Waals surface area contributed by atoms with Crippen LogP contribution < -0.4 is 28.5 Å². The summed E-state index contributed by atoms with van der Waals surface area (Å²) in [4.78, 5) is 0. The van der Waals surface area contributed by atoms with Crippen LogP contribution >= 0.6 is 0 Å². The fourth-order valence-electron chi connectivity index (χ4n) is 4.31. The van der Waals surface area contributed by atoms with E-state index in [0.717, 1.165) is 6.54 Å². The molecule has 0 aliphatic heterocycles. The first kappa shape index (κ1) is 26.2. The van der Waals surface area contributed by atoms with E-state index in [2.05, 4.69) is 109 Å². The molecule has 164 valence electrons. The minimum atomic E-state index is 0. The van der Waals surface area contributed by atoms with Crippen LogP contribution in [-0.2, 0) is 30.7 Å². The number of aryl methyl sites for hydroxylation is 1. The SMILES string of the molecule is C[n+]1c(-c2cccc3ccccc23)n(C[C]2[CH][CH][CH][CH]2)c2ccccc21.[CH]1[CH][CH][CH][CH]1.[Fe+2].[I-]. The summed E-state index contributed by atoms with van der Waals surface area (Å²) in [5, 5.41) is 2.56. The smallest absolute Gasteiger partial charge is 1.00 e. The van der Waals surface area contributed by atoms with Crippen molar-refractivity contribution in [3.05, 3.63) is 130 Å². The Morgan fingerprint density at radius 2 is 1.30 bits per heavy atom. The van der Waals surface area contributed by atoms with Crippen LogP contribution in [0.15, 0.2) is 66.7 Å². The summed E-state index contributed by atoms with van der Waals surface area (Å²) in [5.41, 5.74) is 3.79. The van der Waals surface area contributed by atoms with Gasteiger partial charge in [0, 0.05) is 5.92 Å². The number of para-hydroxylation sites is 2. The summed E-state index contributed by atoms with van der Waals surface area (Å²) >= 11 is 0. The third kappa shape index (κ3) is 5.66. The molecule has 4 heteroatoms. The molecule has 0 amide bonds. The van der Waals surface area contributed by atoms with Crippen molar-refractivity contribution in [3.8, 4) is 11.4 Å². The minimum Gasteiger partial charge on any atom is -1.00 e. The maximum absolute atomic E-state index is 2.44. The van der Waals surface area contributed by atoms with Gasteiger partial charge in [-0.3, -0.25) is 0 Å². The molecule has 2 aliphatic carbocycles. The van der Waals surface area contributed by atoms with E-state index >= 15 is 0 Å². The zero-order chi connectivity index (χ0) is 21.0. The maximum atomic E-state index is 2.44. The van der Waals surface area contributed by atoms with Crippen molar-refractivity contribution in [3.63, 3.8) is 0 Å². The Labute approximate surface area is 226 Å². The molecular formula is C29H25FeIN2+2. The molecule has 10 radical (unpaired) electrons. The molecule has 2 aliphatic rings. The van der Waals surface area contributed by atoms with Gasteiger partial charge in [-0.05, 0) is 86.8 Å². The van der Waals surface area contributed by atoms with Gasteiger partial charge in [0.1, 0.15) is 0 Å². The number of hydrogen-bond acceptors (Lipinski definition) is 0. The third-order valence-corrected chi connectivity index (χ3v) is 5.77. The zero-order valence-electron chi connectivity index (χ0n) is 18.4. The average Bonchev–Trinajstić information content (AvgIpc) is 3.59. The van der Waals surface area contributed by atoms with Crippen LogP contribution in [0.5, 0.6) is 0 Å². The largest absolute Gasteiger partial charge is 2.00 e. The molecule has 4 aromatic rings. The molecule has 2 nitrogen and oxygen atoms in total. The van der Waals surface area contributed by atoms with Gasteiger partial charge in [-0.2, -0.15) is 0 Å². The second-order valence-electron chi connectivity index (χ2n) is 7.74. The summed E-state index contributed by atoms with van der Waals surface area (Å²) in [6.45, 7) is 0.868. The van der Waals surface area contributed by atoms with Gasteiger partial charge in [-0.25, -0.2) is 9.13 Å². The number of fused-ring (bicyclic) bond motifs is 2. The Hall–Kier alpha value is -1.36. The Morgan fingerprint density at radius 1 is 0.697 bits per heavy atom. The molecular weight excluding hydrogens is 559 g/mol. The molecule has 2 fully saturated rings. The van der Waals surface area contributed by atoms with Crippen LogP contribution in [0.3, 0.4) is 0 Å². The van der Waals surface area contributed by atoms with Crippen molar-refractivity contribution in [1.82, 2.24) is 4.57 Å². The Morgan fingerprint density at radius 3 is 2.03 bits per heavy atom. The van der Waals surface area contributed by atoms with Crippen LogP contribution in [0.25, 0.3) is 33.2 Å². The maximum Gasteiger partial charge on any atom is 2.00 e. The van der Waals surface area contributed by atoms with Crippen LogP contribution in [-0.4, -0.2) is 4.57 Å². The summed E-state index contributed by atoms with van der Waals surface area (Å²) in [6, 6.07) is 23.8. The summed E-state index contributed by atoms with van der Waals surface area (Å²) in [5.74, 6) is 2.57. The Bertz CT molecular complexity index is 1160.